The van der Waals surface area contributed by atoms with Gasteiger partial charge >= 0.3 is 5.97 Å². The van der Waals surface area contributed by atoms with Crippen LogP contribution in [0.2, 0.25) is 0 Å². The fourth-order valence-corrected chi connectivity index (χ4v) is 3.48. The number of phenols is 1. The molecule has 0 saturated carbocycles. The van der Waals surface area contributed by atoms with E-state index in [0.717, 1.165) is 23.3 Å². The summed E-state index contributed by atoms with van der Waals surface area (Å²) in [6.07, 6.45) is 0.0446. The molecule has 5 N–H and O–H groups in total. The van der Waals surface area contributed by atoms with Gasteiger partial charge in [-0.15, -0.1) is 0 Å². The molecule has 3 rings (SSSR count). The van der Waals surface area contributed by atoms with E-state index in [9.17, 15) is 20.1 Å². The van der Waals surface area contributed by atoms with E-state index in [1.54, 1.807) is 30.3 Å². The molecule has 3 aromatic rings. The monoisotopic (exact) mass is 481 g/mol. The Kier molecular flexibility index (Phi) is 10.1. The molecule has 0 aliphatic carbocycles. The lowest BCUT2D eigenvalue weighted by molar-refractivity contribution is 0.0695. The molecular weight excluding hydrogens is 450 g/mol. The van der Waals surface area contributed by atoms with Gasteiger partial charge in [0.1, 0.15) is 18.1 Å². The molecule has 1 unspecified atom stereocenters. The summed E-state index contributed by atoms with van der Waals surface area (Å²) in [4.78, 5) is 11.0. The van der Waals surface area contributed by atoms with Crippen LogP contribution >= 0.6 is 0 Å². The third-order valence-corrected chi connectivity index (χ3v) is 5.45. The van der Waals surface area contributed by atoms with E-state index < -0.39 is 12.1 Å². The van der Waals surface area contributed by atoms with Crippen molar-refractivity contribution in [1.29, 1.82) is 0 Å². The second-order valence-corrected chi connectivity index (χ2v) is 8.07. The Hall–Kier alpha value is -3.43. The van der Waals surface area contributed by atoms with Crippen molar-refractivity contribution in [3.05, 3.63) is 94.5 Å². The Morgan fingerprint density at radius 1 is 0.971 bits per heavy atom. The van der Waals surface area contributed by atoms with Crippen molar-refractivity contribution in [2.75, 3.05) is 26.3 Å². The molecule has 0 spiro atoms. The quantitative estimate of drug-likeness (QED) is 0.222. The summed E-state index contributed by atoms with van der Waals surface area (Å²) < 4.78 is 11.3. The standard InChI is InChI=1S/C27H31NO7/c29-17-23-15-21(6-9-25(23)30)26(31)16-28-11-10-19-4-7-24(8-5-19)35-13-12-34-18-20-2-1-3-22(14-20)27(32)33/h1-9,14-15,26,28-31H,10-13,16-18H2,(H,32,33). The molecule has 0 bridgehead atoms. The van der Waals surface area contributed by atoms with Gasteiger partial charge in [0.2, 0.25) is 0 Å². The molecule has 0 heterocycles. The first-order valence-corrected chi connectivity index (χ1v) is 11.4. The van der Waals surface area contributed by atoms with Crippen LogP contribution in [0.3, 0.4) is 0 Å². The number of aromatic hydroxyl groups is 1. The first-order chi connectivity index (χ1) is 17.0. The number of ether oxygens (including phenoxy) is 2. The minimum atomic E-state index is -0.960. The zero-order valence-electron chi connectivity index (χ0n) is 19.4. The van der Waals surface area contributed by atoms with Gasteiger partial charge in [0.15, 0.2) is 0 Å². The van der Waals surface area contributed by atoms with Crippen molar-refractivity contribution >= 4 is 5.97 Å². The third-order valence-electron chi connectivity index (χ3n) is 5.45. The summed E-state index contributed by atoms with van der Waals surface area (Å²) in [5.74, 6) is -0.210. The molecule has 35 heavy (non-hydrogen) atoms. The van der Waals surface area contributed by atoms with Gasteiger partial charge in [0.25, 0.3) is 0 Å². The molecule has 1 atom stereocenters. The lowest BCUT2D eigenvalue weighted by atomic mass is 10.1. The van der Waals surface area contributed by atoms with E-state index in [1.165, 1.54) is 6.07 Å². The fraction of sp³-hybridized carbons (Fsp3) is 0.296. The van der Waals surface area contributed by atoms with Gasteiger partial charge in [0.05, 0.1) is 31.5 Å². The molecular formula is C27H31NO7. The van der Waals surface area contributed by atoms with Crippen molar-refractivity contribution in [2.45, 2.75) is 25.7 Å². The minimum Gasteiger partial charge on any atom is -0.508 e. The Balaban J connectivity index is 1.31. The Morgan fingerprint density at radius 3 is 2.51 bits per heavy atom. The second kappa shape index (κ2) is 13.5. The minimum absolute atomic E-state index is 0.0135. The highest BCUT2D eigenvalue weighted by Crippen LogP contribution is 2.22. The first kappa shape index (κ1) is 26.2. The van der Waals surface area contributed by atoms with Crippen LogP contribution in [0.25, 0.3) is 0 Å². The molecule has 0 saturated heterocycles. The Bertz CT molecular complexity index is 1090. The van der Waals surface area contributed by atoms with Crippen LogP contribution in [0.1, 0.15) is 38.7 Å². The Morgan fingerprint density at radius 2 is 1.77 bits per heavy atom. The number of aliphatic hydroxyl groups excluding tert-OH is 2. The fourth-order valence-electron chi connectivity index (χ4n) is 3.48. The molecule has 8 nitrogen and oxygen atoms in total. The molecule has 0 aromatic heterocycles. The van der Waals surface area contributed by atoms with E-state index in [2.05, 4.69) is 5.32 Å². The van der Waals surface area contributed by atoms with Crippen LogP contribution in [0, 0.1) is 0 Å². The maximum absolute atomic E-state index is 11.0. The number of carboxylic acids is 1. The number of carbonyl (C=O) groups is 1. The lowest BCUT2D eigenvalue weighted by Crippen LogP contribution is -2.23. The summed E-state index contributed by atoms with van der Waals surface area (Å²) in [7, 11) is 0. The van der Waals surface area contributed by atoms with Gasteiger partial charge in [-0.2, -0.15) is 0 Å². The summed E-state index contributed by atoms with van der Waals surface area (Å²) in [5, 5.41) is 41.4. The van der Waals surface area contributed by atoms with E-state index in [0.29, 0.717) is 44.0 Å². The van der Waals surface area contributed by atoms with Crippen LogP contribution < -0.4 is 10.1 Å². The van der Waals surface area contributed by atoms with Crippen molar-refractivity contribution < 1.29 is 34.7 Å². The number of nitrogens with one attached hydrogen (secondary N) is 1. The van der Waals surface area contributed by atoms with Crippen molar-refractivity contribution in [3.63, 3.8) is 0 Å². The predicted molar refractivity (Wildman–Crippen MR) is 131 cm³/mol. The molecule has 0 radical (unpaired) electrons. The Labute approximate surface area is 204 Å². The number of aromatic carboxylic acids is 1. The third kappa shape index (κ3) is 8.38. The largest absolute Gasteiger partial charge is 0.508 e. The van der Waals surface area contributed by atoms with Gasteiger partial charge in [-0.3, -0.25) is 0 Å². The normalized spacial score (nSPS) is 11.8. The van der Waals surface area contributed by atoms with Crippen LogP contribution in [0.15, 0.2) is 66.7 Å². The van der Waals surface area contributed by atoms with E-state index in [4.69, 9.17) is 14.6 Å². The van der Waals surface area contributed by atoms with E-state index >= 15 is 0 Å². The summed E-state index contributed by atoms with van der Waals surface area (Å²) in [6.45, 7) is 1.84. The average Bonchev–Trinajstić information content (AvgIpc) is 2.87. The van der Waals surface area contributed by atoms with E-state index in [-0.39, 0.29) is 17.9 Å². The number of hydrogen-bond donors (Lipinski definition) is 5. The van der Waals surface area contributed by atoms with E-state index in [1.807, 2.05) is 30.3 Å². The van der Waals surface area contributed by atoms with Gasteiger partial charge in [-0.25, -0.2) is 4.79 Å². The number of rotatable bonds is 14. The highest BCUT2D eigenvalue weighted by atomic mass is 16.5. The van der Waals surface area contributed by atoms with Crippen LogP contribution in [-0.4, -0.2) is 52.7 Å². The molecule has 0 amide bonds. The molecule has 186 valence electrons. The number of aliphatic hydroxyl groups is 2. The molecule has 0 aliphatic heterocycles. The van der Waals surface area contributed by atoms with Crippen LogP contribution in [0.4, 0.5) is 0 Å². The van der Waals surface area contributed by atoms with Crippen molar-refractivity contribution in [1.82, 2.24) is 5.32 Å². The molecule has 3 aromatic carbocycles. The summed E-state index contributed by atoms with van der Waals surface area (Å²) in [6, 6.07) is 19.1. The van der Waals surface area contributed by atoms with Gasteiger partial charge in [0, 0.05) is 12.1 Å². The molecule has 8 heteroatoms. The van der Waals surface area contributed by atoms with Gasteiger partial charge in [-0.1, -0.05) is 30.3 Å². The lowest BCUT2D eigenvalue weighted by Gasteiger charge is -2.14. The smallest absolute Gasteiger partial charge is 0.335 e. The maximum Gasteiger partial charge on any atom is 0.335 e. The number of carboxylic acid groups (broad SMARTS) is 1. The van der Waals surface area contributed by atoms with Crippen LogP contribution in [-0.2, 0) is 24.4 Å². The topological polar surface area (TPSA) is 128 Å². The molecule has 0 fully saturated rings. The van der Waals surface area contributed by atoms with Gasteiger partial charge < -0.3 is 35.2 Å². The second-order valence-electron chi connectivity index (χ2n) is 8.07. The van der Waals surface area contributed by atoms with Gasteiger partial charge in [-0.05, 0) is 66.1 Å². The number of hydrogen-bond acceptors (Lipinski definition) is 7. The number of benzene rings is 3. The zero-order valence-corrected chi connectivity index (χ0v) is 19.4. The highest BCUT2D eigenvalue weighted by Gasteiger charge is 2.10. The molecule has 0 aliphatic rings. The summed E-state index contributed by atoms with van der Waals surface area (Å²) in [5.41, 5.74) is 3.19. The predicted octanol–water partition coefficient (Wildman–Crippen LogP) is 3.04. The highest BCUT2D eigenvalue weighted by molar-refractivity contribution is 5.87. The van der Waals surface area contributed by atoms with Crippen molar-refractivity contribution in [3.8, 4) is 11.5 Å². The van der Waals surface area contributed by atoms with Crippen molar-refractivity contribution in [2.24, 2.45) is 0 Å². The first-order valence-electron chi connectivity index (χ1n) is 11.4. The summed E-state index contributed by atoms with van der Waals surface area (Å²) >= 11 is 0. The maximum atomic E-state index is 11.0. The SMILES string of the molecule is O=C(O)c1cccc(COCCOc2ccc(CCNCC(O)c3ccc(O)c(CO)c3)cc2)c1. The average molecular weight is 482 g/mol. The zero-order chi connectivity index (χ0) is 25.0. The van der Waals surface area contributed by atoms with Crippen LogP contribution in [0.5, 0.6) is 11.5 Å².